The van der Waals surface area contributed by atoms with Gasteiger partial charge in [0.2, 0.25) is 5.91 Å². The number of fused-ring (bicyclic) bond motifs is 1. The van der Waals surface area contributed by atoms with E-state index >= 15 is 0 Å². The van der Waals surface area contributed by atoms with Gasteiger partial charge in [-0.05, 0) is 66.9 Å². The molecule has 0 saturated heterocycles. The molecule has 0 radical (unpaired) electrons. The highest BCUT2D eigenvalue weighted by Crippen LogP contribution is 2.29. The molecule has 2 aromatic heterocycles. The minimum absolute atomic E-state index is 0.123. The molecule has 0 spiro atoms. The summed E-state index contributed by atoms with van der Waals surface area (Å²) in [7, 11) is 0. The number of hydrogen-bond donors (Lipinski definition) is 3. The van der Waals surface area contributed by atoms with Gasteiger partial charge in [0.05, 0.1) is 0 Å². The number of benzene rings is 2. The topological polar surface area (TPSA) is 86.9 Å². The maximum atomic E-state index is 12.7. The van der Waals surface area contributed by atoms with Crippen LogP contribution in [0.4, 0.5) is 11.4 Å². The van der Waals surface area contributed by atoms with Crippen LogP contribution in [0.25, 0.3) is 22.2 Å². The van der Waals surface area contributed by atoms with Gasteiger partial charge in [0.25, 0.3) is 5.91 Å². The van der Waals surface area contributed by atoms with Crippen LogP contribution in [0.15, 0.2) is 73.1 Å². The minimum Gasteiger partial charge on any atom is -0.355 e. The van der Waals surface area contributed by atoms with Crippen molar-refractivity contribution in [3.63, 3.8) is 0 Å². The van der Waals surface area contributed by atoms with Crippen molar-refractivity contribution in [3.05, 3.63) is 78.6 Å². The fraction of sp³-hybridized carbons (Fsp3) is 0.250. The van der Waals surface area contributed by atoms with Crippen LogP contribution in [-0.2, 0) is 4.79 Å². The largest absolute Gasteiger partial charge is 0.355 e. The van der Waals surface area contributed by atoms with Gasteiger partial charge >= 0.3 is 0 Å². The number of hydrogen-bond acceptors (Lipinski definition) is 3. The number of carbonyl (C=O) groups is 2. The maximum absolute atomic E-state index is 12.7. The zero-order valence-corrected chi connectivity index (χ0v) is 19.0. The first-order valence-corrected chi connectivity index (χ1v) is 11.9. The number of aromatic nitrogens is 2. The van der Waals surface area contributed by atoms with Crippen LogP contribution in [0.1, 0.15) is 48.9 Å². The van der Waals surface area contributed by atoms with Crippen molar-refractivity contribution in [1.29, 1.82) is 0 Å². The number of anilines is 2. The predicted octanol–water partition coefficient (Wildman–Crippen LogP) is 6.39. The van der Waals surface area contributed by atoms with E-state index in [4.69, 9.17) is 0 Å². The first kappa shape index (κ1) is 21.9. The third-order valence-corrected chi connectivity index (χ3v) is 6.51. The Hall–Kier alpha value is -3.93. The summed E-state index contributed by atoms with van der Waals surface area (Å²) in [5, 5.41) is 7.07. The molecule has 5 rings (SSSR count). The lowest BCUT2D eigenvalue weighted by Crippen LogP contribution is -2.22. The fourth-order valence-electron chi connectivity index (χ4n) is 4.59. The number of nitrogens with zero attached hydrogens (tertiary/aromatic N) is 1. The number of nitrogens with one attached hydrogen (secondary N) is 3. The number of H-pyrrole nitrogens is 1. The molecule has 6 nitrogen and oxygen atoms in total. The van der Waals surface area contributed by atoms with Crippen LogP contribution < -0.4 is 10.6 Å². The molecule has 0 atom stereocenters. The van der Waals surface area contributed by atoms with Crippen molar-refractivity contribution in [1.82, 2.24) is 9.97 Å². The minimum atomic E-state index is -0.167. The molecule has 6 heteroatoms. The van der Waals surface area contributed by atoms with Gasteiger partial charge in [-0.25, -0.2) is 0 Å². The first-order chi connectivity index (χ1) is 16.7. The average Bonchev–Trinajstić information content (AvgIpc) is 3.09. The molecule has 0 unspecified atom stereocenters. The van der Waals surface area contributed by atoms with Crippen LogP contribution >= 0.6 is 0 Å². The average molecular weight is 453 g/mol. The fourth-order valence-corrected chi connectivity index (χ4v) is 4.59. The molecule has 2 amide bonds. The van der Waals surface area contributed by atoms with Crippen molar-refractivity contribution in [2.75, 3.05) is 10.6 Å². The Morgan fingerprint density at radius 2 is 1.50 bits per heavy atom. The molecule has 2 heterocycles. The van der Waals surface area contributed by atoms with E-state index < -0.39 is 0 Å². The number of aromatic amines is 1. The van der Waals surface area contributed by atoms with Crippen LogP contribution in [-0.4, -0.2) is 21.8 Å². The summed E-state index contributed by atoms with van der Waals surface area (Å²) in [6.45, 7) is 0. The van der Waals surface area contributed by atoms with E-state index in [9.17, 15) is 9.59 Å². The molecule has 0 bridgehead atoms. The Kier molecular flexibility index (Phi) is 6.38. The lowest BCUT2D eigenvalue weighted by molar-refractivity contribution is -0.120. The lowest BCUT2D eigenvalue weighted by Gasteiger charge is -2.14. The van der Waals surface area contributed by atoms with Gasteiger partial charge in [0, 0.05) is 51.8 Å². The van der Waals surface area contributed by atoms with Gasteiger partial charge in [-0.15, -0.1) is 0 Å². The highest BCUT2D eigenvalue weighted by atomic mass is 16.2. The van der Waals surface area contributed by atoms with Crippen molar-refractivity contribution in [3.8, 4) is 11.3 Å². The Morgan fingerprint density at radius 3 is 2.24 bits per heavy atom. The molecule has 172 valence electrons. The molecule has 34 heavy (non-hydrogen) atoms. The van der Waals surface area contributed by atoms with Gasteiger partial charge in [0.15, 0.2) is 0 Å². The van der Waals surface area contributed by atoms with Crippen molar-refractivity contribution in [2.24, 2.45) is 5.92 Å². The monoisotopic (exact) mass is 452 g/mol. The summed E-state index contributed by atoms with van der Waals surface area (Å²) in [6.07, 6.45) is 9.93. The van der Waals surface area contributed by atoms with Gasteiger partial charge in [0.1, 0.15) is 0 Å². The molecule has 3 N–H and O–H groups in total. The van der Waals surface area contributed by atoms with Gasteiger partial charge in [-0.2, -0.15) is 0 Å². The quantitative estimate of drug-likeness (QED) is 0.307. The molecular formula is C28H28N4O2. The van der Waals surface area contributed by atoms with Crippen molar-refractivity contribution in [2.45, 2.75) is 38.5 Å². The van der Waals surface area contributed by atoms with E-state index in [0.717, 1.165) is 59.2 Å². The Balaban J connectivity index is 1.27. The third kappa shape index (κ3) is 5.01. The Labute approximate surface area is 198 Å². The summed E-state index contributed by atoms with van der Waals surface area (Å²) < 4.78 is 0. The van der Waals surface area contributed by atoms with Crippen LogP contribution in [0.2, 0.25) is 0 Å². The van der Waals surface area contributed by atoms with E-state index in [2.05, 4.69) is 26.7 Å². The van der Waals surface area contributed by atoms with Gasteiger partial charge in [-0.3, -0.25) is 14.6 Å². The second-order valence-corrected chi connectivity index (χ2v) is 8.93. The molecule has 0 aliphatic heterocycles. The van der Waals surface area contributed by atoms with E-state index in [1.165, 1.54) is 12.8 Å². The van der Waals surface area contributed by atoms with E-state index in [1.54, 1.807) is 24.5 Å². The van der Waals surface area contributed by atoms with Crippen LogP contribution in [0.3, 0.4) is 0 Å². The Bertz CT molecular complexity index is 1290. The summed E-state index contributed by atoms with van der Waals surface area (Å²) in [5.74, 6) is 0.0955. The summed E-state index contributed by atoms with van der Waals surface area (Å²) in [5.41, 5.74) is 5.14. The van der Waals surface area contributed by atoms with E-state index in [1.807, 2.05) is 42.5 Å². The maximum Gasteiger partial charge on any atom is 0.255 e. The van der Waals surface area contributed by atoms with E-state index in [0.29, 0.717) is 5.56 Å². The highest BCUT2D eigenvalue weighted by Gasteiger charge is 2.20. The normalized spacial score (nSPS) is 14.5. The summed E-state index contributed by atoms with van der Waals surface area (Å²) in [6, 6.07) is 19.1. The molecule has 1 aliphatic carbocycles. The smallest absolute Gasteiger partial charge is 0.255 e. The van der Waals surface area contributed by atoms with Crippen LogP contribution in [0.5, 0.6) is 0 Å². The lowest BCUT2D eigenvalue weighted by atomic mass is 9.99. The zero-order valence-electron chi connectivity index (χ0n) is 19.0. The van der Waals surface area contributed by atoms with Gasteiger partial charge < -0.3 is 15.6 Å². The third-order valence-electron chi connectivity index (χ3n) is 6.51. The second kappa shape index (κ2) is 9.91. The number of pyridine rings is 1. The standard InChI is InChI=1S/C28H28N4O2/c33-27(20-5-3-1-2-4-6-20)31-24-11-12-25-22(17-24)18-26(32-25)19-7-9-23(10-8-19)30-28(34)21-13-15-29-16-14-21/h7-18,20,32H,1-6H2,(H,30,34)(H,31,33). The molecule has 4 aromatic rings. The Morgan fingerprint density at radius 1 is 0.794 bits per heavy atom. The molecule has 1 aliphatic rings. The highest BCUT2D eigenvalue weighted by molar-refractivity contribution is 6.04. The van der Waals surface area contributed by atoms with Crippen molar-refractivity contribution >= 4 is 34.1 Å². The number of carbonyl (C=O) groups excluding carboxylic acids is 2. The zero-order chi connectivity index (χ0) is 23.3. The molecule has 2 aromatic carbocycles. The number of rotatable bonds is 5. The molecule has 1 fully saturated rings. The predicted molar refractivity (Wildman–Crippen MR) is 136 cm³/mol. The van der Waals surface area contributed by atoms with Gasteiger partial charge in [-0.1, -0.05) is 37.8 Å². The molecular weight excluding hydrogens is 424 g/mol. The first-order valence-electron chi connectivity index (χ1n) is 11.9. The van der Waals surface area contributed by atoms with E-state index in [-0.39, 0.29) is 17.7 Å². The van der Waals surface area contributed by atoms with Crippen molar-refractivity contribution < 1.29 is 9.59 Å². The van der Waals surface area contributed by atoms with Crippen LogP contribution in [0, 0.1) is 5.92 Å². The number of amides is 2. The summed E-state index contributed by atoms with van der Waals surface area (Å²) in [4.78, 5) is 32.4. The second-order valence-electron chi connectivity index (χ2n) is 8.93. The summed E-state index contributed by atoms with van der Waals surface area (Å²) >= 11 is 0. The molecule has 1 saturated carbocycles. The SMILES string of the molecule is O=C(Nc1ccc(-c2cc3cc(NC(=O)C4CCCCCC4)ccc3[nH]2)cc1)c1ccncc1.